The summed E-state index contributed by atoms with van der Waals surface area (Å²) in [5.41, 5.74) is 5.85. The van der Waals surface area contributed by atoms with Gasteiger partial charge in [-0.2, -0.15) is 0 Å². The zero-order valence-electron chi connectivity index (χ0n) is 10.2. The molecule has 0 saturated carbocycles. The first kappa shape index (κ1) is 11.9. The first-order valence-electron chi connectivity index (χ1n) is 6.39. The average Bonchev–Trinajstić information content (AvgIpc) is 2.29. The number of hydrogen-bond acceptors (Lipinski definition) is 3. The second-order valence-corrected chi connectivity index (χ2v) is 5.26. The summed E-state index contributed by atoms with van der Waals surface area (Å²) >= 11 is 0. The standard InChI is InChI=1S/C12H23N3O/c1-14-6-2-3-10(9-14)12(16)15-7-4-11(13)5-8-15/h10-11H,2-9,13H2,1H3/t10-/m1/s1. The summed E-state index contributed by atoms with van der Waals surface area (Å²) in [7, 11) is 2.10. The summed E-state index contributed by atoms with van der Waals surface area (Å²) in [6, 6.07) is 0.304. The Balaban J connectivity index is 1.86. The van der Waals surface area contributed by atoms with E-state index in [9.17, 15) is 4.79 Å². The first-order valence-corrected chi connectivity index (χ1v) is 6.39. The molecule has 0 spiro atoms. The van der Waals surface area contributed by atoms with Crippen molar-refractivity contribution in [3.8, 4) is 0 Å². The van der Waals surface area contributed by atoms with Crippen LogP contribution >= 0.6 is 0 Å². The zero-order valence-corrected chi connectivity index (χ0v) is 10.2. The molecule has 0 aliphatic carbocycles. The Morgan fingerprint density at radius 1 is 1.19 bits per heavy atom. The van der Waals surface area contributed by atoms with Gasteiger partial charge in [0.1, 0.15) is 0 Å². The molecular formula is C12H23N3O. The molecule has 2 N–H and O–H groups in total. The molecular weight excluding hydrogens is 202 g/mol. The molecule has 2 fully saturated rings. The maximum atomic E-state index is 12.3. The number of nitrogens with zero attached hydrogens (tertiary/aromatic N) is 2. The predicted molar refractivity (Wildman–Crippen MR) is 64.0 cm³/mol. The number of likely N-dealkylation sites (tertiary alicyclic amines) is 2. The van der Waals surface area contributed by atoms with Gasteiger partial charge in [-0.25, -0.2) is 0 Å². The zero-order chi connectivity index (χ0) is 11.5. The van der Waals surface area contributed by atoms with Crippen LogP contribution in [0.5, 0.6) is 0 Å². The molecule has 2 aliphatic rings. The SMILES string of the molecule is CN1CCC[C@@H](C(=O)N2CCC(N)CC2)C1. The molecule has 0 aromatic carbocycles. The molecule has 0 aromatic heterocycles. The second-order valence-electron chi connectivity index (χ2n) is 5.26. The third-order valence-corrected chi connectivity index (χ3v) is 3.83. The molecule has 4 nitrogen and oxygen atoms in total. The first-order chi connectivity index (χ1) is 7.66. The van der Waals surface area contributed by atoms with Crippen LogP contribution < -0.4 is 5.73 Å². The highest BCUT2D eigenvalue weighted by Crippen LogP contribution is 2.19. The van der Waals surface area contributed by atoms with Crippen LogP contribution in [0.1, 0.15) is 25.7 Å². The molecule has 0 unspecified atom stereocenters. The lowest BCUT2D eigenvalue weighted by Gasteiger charge is -2.36. The van der Waals surface area contributed by atoms with E-state index in [1.807, 2.05) is 4.90 Å². The molecule has 16 heavy (non-hydrogen) atoms. The van der Waals surface area contributed by atoms with Crippen molar-refractivity contribution in [3.63, 3.8) is 0 Å². The fourth-order valence-electron chi connectivity index (χ4n) is 2.75. The van der Waals surface area contributed by atoms with Crippen LogP contribution in [-0.2, 0) is 4.79 Å². The minimum Gasteiger partial charge on any atom is -0.342 e. The highest BCUT2D eigenvalue weighted by atomic mass is 16.2. The van der Waals surface area contributed by atoms with Gasteiger partial charge in [-0.3, -0.25) is 4.79 Å². The van der Waals surface area contributed by atoms with Gasteiger partial charge in [-0.1, -0.05) is 0 Å². The molecule has 2 rings (SSSR count). The number of carbonyl (C=O) groups excluding carboxylic acids is 1. The van der Waals surface area contributed by atoms with Crippen molar-refractivity contribution in [3.05, 3.63) is 0 Å². The number of nitrogens with two attached hydrogens (primary N) is 1. The van der Waals surface area contributed by atoms with E-state index in [1.165, 1.54) is 0 Å². The Kier molecular flexibility index (Phi) is 3.82. The minimum atomic E-state index is 0.230. The van der Waals surface area contributed by atoms with Gasteiger partial charge in [0, 0.05) is 25.7 Å². The van der Waals surface area contributed by atoms with Crippen molar-refractivity contribution in [2.24, 2.45) is 11.7 Å². The van der Waals surface area contributed by atoms with Crippen LogP contribution in [0.15, 0.2) is 0 Å². The van der Waals surface area contributed by atoms with Gasteiger partial charge in [0.25, 0.3) is 0 Å². The van der Waals surface area contributed by atoms with Crippen molar-refractivity contribution in [2.45, 2.75) is 31.7 Å². The molecule has 1 atom stereocenters. The van der Waals surface area contributed by atoms with Crippen LogP contribution in [0.2, 0.25) is 0 Å². The van der Waals surface area contributed by atoms with Gasteiger partial charge >= 0.3 is 0 Å². The molecule has 0 bridgehead atoms. The highest BCUT2D eigenvalue weighted by Gasteiger charge is 2.29. The summed E-state index contributed by atoms with van der Waals surface area (Å²) < 4.78 is 0. The monoisotopic (exact) mass is 225 g/mol. The number of carbonyl (C=O) groups is 1. The quantitative estimate of drug-likeness (QED) is 0.697. The van der Waals surface area contributed by atoms with E-state index in [-0.39, 0.29) is 5.92 Å². The van der Waals surface area contributed by atoms with Crippen LogP contribution in [-0.4, -0.2) is 55.0 Å². The van der Waals surface area contributed by atoms with E-state index in [1.54, 1.807) is 0 Å². The number of amides is 1. The molecule has 92 valence electrons. The van der Waals surface area contributed by atoms with Crippen molar-refractivity contribution in [1.29, 1.82) is 0 Å². The molecule has 4 heteroatoms. The van der Waals surface area contributed by atoms with Crippen molar-refractivity contribution in [2.75, 3.05) is 33.2 Å². The topological polar surface area (TPSA) is 49.6 Å². The minimum absolute atomic E-state index is 0.230. The van der Waals surface area contributed by atoms with Crippen LogP contribution in [0.25, 0.3) is 0 Å². The fourth-order valence-corrected chi connectivity index (χ4v) is 2.75. The number of hydrogen-bond donors (Lipinski definition) is 1. The number of rotatable bonds is 1. The fraction of sp³-hybridized carbons (Fsp3) is 0.917. The largest absolute Gasteiger partial charge is 0.342 e. The summed E-state index contributed by atoms with van der Waals surface area (Å²) in [6.07, 6.45) is 4.15. The summed E-state index contributed by atoms with van der Waals surface area (Å²) in [6.45, 7) is 3.79. The van der Waals surface area contributed by atoms with Gasteiger partial charge in [-0.05, 0) is 39.3 Å². The third-order valence-electron chi connectivity index (χ3n) is 3.83. The molecule has 0 radical (unpaired) electrons. The Morgan fingerprint density at radius 2 is 1.88 bits per heavy atom. The van der Waals surface area contributed by atoms with Crippen LogP contribution in [0.3, 0.4) is 0 Å². The van der Waals surface area contributed by atoms with E-state index in [0.717, 1.165) is 51.9 Å². The van der Waals surface area contributed by atoms with Gasteiger partial charge < -0.3 is 15.5 Å². The van der Waals surface area contributed by atoms with Crippen LogP contribution in [0.4, 0.5) is 0 Å². The third kappa shape index (κ3) is 2.74. The van der Waals surface area contributed by atoms with E-state index >= 15 is 0 Å². The van der Waals surface area contributed by atoms with E-state index in [2.05, 4.69) is 11.9 Å². The predicted octanol–water partition coefficient (Wildman–Crippen LogP) is 0.278. The number of piperidine rings is 2. The van der Waals surface area contributed by atoms with Crippen LogP contribution in [0, 0.1) is 5.92 Å². The molecule has 0 aromatic rings. The van der Waals surface area contributed by atoms with Crippen molar-refractivity contribution in [1.82, 2.24) is 9.80 Å². The molecule has 2 aliphatic heterocycles. The van der Waals surface area contributed by atoms with Crippen molar-refractivity contribution < 1.29 is 4.79 Å². The lowest BCUT2D eigenvalue weighted by molar-refractivity contribution is -0.138. The molecule has 2 saturated heterocycles. The van der Waals surface area contributed by atoms with E-state index in [0.29, 0.717) is 11.9 Å². The van der Waals surface area contributed by atoms with Gasteiger partial charge in [0.05, 0.1) is 5.92 Å². The van der Waals surface area contributed by atoms with E-state index in [4.69, 9.17) is 5.73 Å². The Labute approximate surface area is 97.8 Å². The van der Waals surface area contributed by atoms with E-state index < -0.39 is 0 Å². The summed E-state index contributed by atoms with van der Waals surface area (Å²) in [5.74, 6) is 0.589. The smallest absolute Gasteiger partial charge is 0.226 e. The lowest BCUT2D eigenvalue weighted by Crippen LogP contribution is -2.48. The average molecular weight is 225 g/mol. The maximum Gasteiger partial charge on any atom is 0.226 e. The summed E-state index contributed by atoms with van der Waals surface area (Å²) in [5, 5.41) is 0. The molecule has 2 heterocycles. The Morgan fingerprint density at radius 3 is 2.50 bits per heavy atom. The Hall–Kier alpha value is -0.610. The Bertz CT molecular complexity index is 249. The lowest BCUT2D eigenvalue weighted by atomic mass is 9.95. The maximum absolute atomic E-state index is 12.3. The van der Waals surface area contributed by atoms with Gasteiger partial charge in [-0.15, -0.1) is 0 Å². The van der Waals surface area contributed by atoms with Gasteiger partial charge in [0.15, 0.2) is 0 Å². The second kappa shape index (κ2) is 5.15. The molecule has 1 amide bonds. The highest BCUT2D eigenvalue weighted by molar-refractivity contribution is 5.79. The summed E-state index contributed by atoms with van der Waals surface area (Å²) in [4.78, 5) is 16.6. The normalized spacial score (nSPS) is 29.4. The van der Waals surface area contributed by atoms with Gasteiger partial charge in [0.2, 0.25) is 5.91 Å². The van der Waals surface area contributed by atoms with Crippen molar-refractivity contribution >= 4 is 5.91 Å².